The molecule has 0 bridgehead atoms. The summed E-state index contributed by atoms with van der Waals surface area (Å²) in [7, 11) is 5.66. The SMILES string of the molecule is CNC(=O)c1sc(NCCN(C)C)c(SC)c1N. The van der Waals surface area contributed by atoms with Crippen LogP contribution in [0.5, 0.6) is 0 Å². The second kappa shape index (κ2) is 6.86. The van der Waals surface area contributed by atoms with Crippen LogP contribution in [0.25, 0.3) is 0 Å². The van der Waals surface area contributed by atoms with Gasteiger partial charge in [-0.25, -0.2) is 0 Å². The summed E-state index contributed by atoms with van der Waals surface area (Å²) in [6.07, 6.45) is 1.96. The maximum absolute atomic E-state index is 11.7. The van der Waals surface area contributed by atoms with Gasteiger partial charge in [0.15, 0.2) is 0 Å². The number of amides is 1. The van der Waals surface area contributed by atoms with E-state index in [0.29, 0.717) is 10.6 Å². The zero-order chi connectivity index (χ0) is 13.7. The number of hydrogen-bond acceptors (Lipinski definition) is 6. The molecule has 0 saturated heterocycles. The molecule has 5 nitrogen and oxygen atoms in total. The summed E-state index contributed by atoms with van der Waals surface area (Å²) in [4.78, 5) is 15.3. The van der Waals surface area contributed by atoms with Gasteiger partial charge in [-0.05, 0) is 20.4 Å². The van der Waals surface area contributed by atoms with Crippen LogP contribution in [0.3, 0.4) is 0 Å². The number of nitrogens with one attached hydrogen (secondary N) is 2. The quantitative estimate of drug-likeness (QED) is 0.690. The Hall–Kier alpha value is -0.920. The van der Waals surface area contributed by atoms with Crippen LogP contribution in [0.15, 0.2) is 4.90 Å². The number of thiophene rings is 1. The van der Waals surface area contributed by atoms with Crippen molar-refractivity contribution in [1.29, 1.82) is 0 Å². The first-order valence-corrected chi connectivity index (χ1v) is 7.62. The fourth-order valence-electron chi connectivity index (χ4n) is 1.42. The summed E-state index contributed by atoms with van der Waals surface area (Å²) >= 11 is 2.97. The normalized spacial score (nSPS) is 10.7. The van der Waals surface area contributed by atoms with Crippen LogP contribution >= 0.6 is 23.1 Å². The van der Waals surface area contributed by atoms with Crippen molar-refractivity contribution in [2.45, 2.75) is 4.90 Å². The number of nitrogens with two attached hydrogens (primary N) is 1. The number of nitrogen functional groups attached to an aromatic ring is 1. The molecule has 1 aromatic rings. The van der Waals surface area contributed by atoms with Gasteiger partial charge in [0, 0.05) is 20.1 Å². The molecule has 1 amide bonds. The molecule has 18 heavy (non-hydrogen) atoms. The van der Waals surface area contributed by atoms with Gasteiger partial charge in [0.25, 0.3) is 5.91 Å². The van der Waals surface area contributed by atoms with Crippen molar-refractivity contribution in [2.24, 2.45) is 0 Å². The number of rotatable bonds is 6. The molecule has 0 aliphatic heterocycles. The zero-order valence-electron chi connectivity index (χ0n) is 11.2. The second-order valence-electron chi connectivity index (χ2n) is 4.02. The Morgan fingerprint density at radius 3 is 2.67 bits per heavy atom. The first kappa shape index (κ1) is 15.1. The van der Waals surface area contributed by atoms with Crippen LogP contribution < -0.4 is 16.4 Å². The number of thioether (sulfide) groups is 1. The van der Waals surface area contributed by atoms with Crippen LogP contribution in [-0.4, -0.2) is 51.3 Å². The van der Waals surface area contributed by atoms with Crippen molar-refractivity contribution in [3.8, 4) is 0 Å². The highest BCUT2D eigenvalue weighted by Gasteiger charge is 2.19. The summed E-state index contributed by atoms with van der Waals surface area (Å²) in [5.41, 5.74) is 6.57. The fraction of sp³-hybridized carbons (Fsp3) is 0.545. The van der Waals surface area contributed by atoms with E-state index < -0.39 is 0 Å². The zero-order valence-corrected chi connectivity index (χ0v) is 12.8. The fourth-order valence-corrected chi connectivity index (χ4v) is 3.43. The molecule has 4 N–H and O–H groups in total. The third kappa shape index (κ3) is 3.54. The van der Waals surface area contributed by atoms with Crippen molar-refractivity contribution in [1.82, 2.24) is 10.2 Å². The molecule has 0 spiro atoms. The van der Waals surface area contributed by atoms with E-state index in [1.54, 1.807) is 18.8 Å². The Morgan fingerprint density at radius 1 is 1.50 bits per heavy atom. The van der Waals surface area contributed by atoms with Gasteiger partial charge >= 0.3 is 0 Å². The molecular weight excluding hydrogens is 268 g/mol. The van der Waals surface area contributed by atoms with Crippen LogP contribution in [0, 0.1) is 0 Å². The Labute approximate surface area is 116 Å². The summed E-state index contributed by atoms with van der Waals surface area (Å²) < 4.78 is 0. The first-order chi connectivity index (χ1) is 8.51. The second-order valence-corrected chi connectivity index (χ2v) is 5.85. The number of likely N-dealkylation sites (N-methyl/N-ethyl adjacent to an activating group) is 1. The van der Waals surface area contributed by atoms with E-state index >= 15 is 0 Å². The van der Waals surface area contributed by atoms with Crippen molar-refractivity contribution >= 4 is 39.7 Å². The van der Waals surface area contributed by atoms with Gasteiger partial charge in [-0.3, -0.25) is 4.79 Å². The Kier molecular flexibility index (Phi) is 5.77. The molecule has 1 aromatic heterocycles. The van der Waals surface area contributed by atoms with E-state index in [4.69, 9.17) is 5.73 Å². The molecule has 0 unspecified atom stereocenters. The molecule has 0 radical (unpaired) electrons. The highest BCUT2D eigenvalue weighted by Crippen LogP contribution is 2.41. The van der Waals surface area contributed by atoms with E-state index in [0.717, 1.165) is 23.0 Å². The predicted molar refractivity (Wildman–Crippen MR) is 80.9 cm³/mol. The van der Waals surface area contributed by atoms with Crippen LogP contribution in [0.1, 0.15) is 9.67 Å². The van der Waals surface area contributed by atoms with Gasteiger partial charge in [0.05, 0.1) is 10.6 Å². The molecule has 0 atom stereocenters. The van der Waals surface area contributed by atoms with Crippen molar-refractivity contribution in [3.05, 3.63) is 4.88 Å². The minimum Gasteiger partial charge on any atom is -0.396 e. The first-order valence-electron chi connectivity index (χ1n) is 5.58. The van der Waals surface area contributed by atoms with Crippen molar-refractivity contribution in [2.75, 3.05) is 51.5 Å². The van der Waals surface area contributed by atoms with E-state index in [-0.39, 0.29) is 5.91 Å². The molecule has 0 aromatic carbocycles. The molecule has 7 heteroatoms. The third-order valence-corrected chi connectivity index (χ3v) is 4.51. The third-order valence-electron chi connectivity index (χ3n) is 2.38. The molecule has 1 heterocycles. The average Bonchev–Trinajstić information content (AvgIpc) is 2.64. The number of carbonyl (C=O) groups is 1. The van der Waals surface area contributed by atoms with E-state index in [2.05, 4.69) is 15.5 Å². The topological polar surface area (TPSA) is 70.4 Å². The van der Waals surface area contributed by atoms with Crippen LogP contribution in [0.4, 0.5) is 10.7 Å². The molecule has 102 valence electrons. The van der Waals surface area contributed by atoms with Gasteiger partial charge in [0.2, 0.25) is 0 Å². The standard InChI is InChI=1S/C11H20N4OS2/c1-13-10(16)8-7(12)9(17-4)11(18-8)14-5-6-15(2)3/h14H,5-6,12H2,1-4H3,(H,13,16). The van der Waals surface area contributed by atoms with Gasteiger partial charge in [-0.15, -0.1) is 23.1 Å². The molecule has 0 aliphatic rings. The Balaban J connectivity index is 2.87. The monoisotopic (exact) mass is 288 g/mol. The predicted octanol–water partition coefficient (Wildman–Crippen LogP) is 1.39. The van der Waals surface area contributed by atoms with E-state index in [9.17, 15) is 4.79 Å². The van der Waals surface area contributed by atoms with Gasteiger partial charge in [0.1, 0.15) is 9.88 Å². The lowest BCUT2D eigenvalue weighted by Crippen LogP contribution is -2.20. The van der Waals surface area contributed by atoms with Crippen LogP contribution in [-0.2, 0) is 0 Å². The summed E-state index contributed by atoms with van der Waals surface area (Å²) in [6.45, 7) is 1.76. The lowest BCUT2D eigenvalue weighted by molar-refractivity contribution is 0.0968. The molecule has 1 rings (SSSR count). The Bertz CT molecular complexity index is 417. The molecular formula is C11H20N4OS2. The van der Waals surface area contributed by atoms with Crippen molar-refractivity contribution in [3.63, 3.8) is 0 Å². The van der Waals surface area contributed by atoms with Gasteiger partial charge < -0.3 is 21.3 Å². The van der Waals surface area contributed by atoms with Gasteiger partial charge in [-0.2, -0.15) is 0 Å². The summed E-state index contributed by atoms with van der Waals surface area (Å²) in [5, 5.41) is 6.91. The van der Waals surface area contributed by atoms with E-state index in [1.807, 2.05) is 20.4 Å². The molecule has 0 saturated carbocycles. The highest BCUT2D eigenvalue weighted by molar-refractivity contribution is 7.99. The van der Waals surface area contributed by atoms with Gasteiger partial charge in [-0.1, -0.05) is 0 Å². The highest BCUT2D eigenvalue weighted by atomic mass is 32.2. The average molecular weight is 288 g/mol. The Morgan fingerprint density at radius 2 is 2.17 bits per heavy atom. The largest absolute Gasteiger partial charge is 0.396 e. The molecule has 0 fully saturated rings. The van der Waals surface area contributed by atoms with Crippen LogP contribution in [0.2, 0.25) is 0 Å². The maximum Gasteiger partial charge on any atom is 0.263 e. The minimum absolute atomic E-state index is 0.131. The lowest BCUT2D eigenvalue weighted by atomic mass is 10.3. The number of anilines is 2. The summed E-state index contributed by atoms with van der Waals surface area (Å²) in [6, 6.07) is 0. The lowest BCUT2D eigenvalue weighted by Gasteiger charge is -2.10. The van der Waals surface area contributed by atoms with E-state index in [1.165, 1.54) is 11.3 Å². The molecule has 0 aliphatic carbocycles. The van der Waals surface area contributed by atoms with Crippen molar-refractivity contribution < 1.29 is 4.79 Å². The number of hydrogen-bond donors (Lipinski definition) is 3. The number of carbonyl (C=O) groups excluding carboxylic acids is 1. The summed E-state index contributed by atoms with van der Waals surface area (Å²) in [5.74, 6) is -0.131. The minimum atomic E-state index is -0.131. The number of nitrogens with zero attached hydrogens (tertiary/aromatic N) is 1. The maximum atomic E-state index is 11.7. The smallest absolute Gasteiger partial charge is 0.263 e.